The molecule has 0 aliphatic carbocycles. The molecule has 38 heavy (non-hydrogen) atoms. The number of hydrogen-bond donors (Lipinski definition) is 2. The number of aliphatic hydroxyl groups excluding tert-OH is 1. The van der Waals surface area contributed by atoms with Crippen LogP contribution in [0, 0.1) is 6.92 Å². The number of allylic oxidation sites excluding steroid dienone is 2. The summed E-state index contributed by atoms with van der Waals surface area (Å²) in [6, 6.07) is 0. The topological polar surface area (TPSA) is 84.6 Å². The number of nitrogens with zero attached hydrogens (tertiary/aromatic N) is 2. The Balaban J connectivity index is 3.12. The van der Waals surface area contributed by atoms with Crippen LogP contribution in [0.2, 0.25) is 18.1 Å². The lowest BCUT2D eigenvalue weighted by molar-refractivity contribution is -0.137. The molecule has 1 rings (SSSR count). The van der Waals surface area contributed by atoms with Crippen LogP contribution in [-0.4, -0.2) is 47.0 Å². The highest BCUT2D eigenvalue weighted by atomic mass is 28.4. The van der Waals surface area contributed by atoms with Crippen molar-refractivity contribution in [3.05, 3.63) is 35.2 Å². The Bertz CT molecular complexity index is 868. The molecule has 0 radical (unpaired) electrons. The van der Waals surface area contributed by atoms with E-state index in [1.165, 1.54) is 24.1 Å². The van der Waals surface area contributed by atoms with Crippen LogP contribution in [0.3, 0.4) is 0 Å². The Labute approximate surface area is 233 Å². The van der Waals surface area contributed by atoms with Crippen molar-refractivity contribution >= 4 is 20.4 Å². The first-order valence-corrected chi connectivity index (χ1v) is 17.7. The monoisotopic (exact) mass is 548 g/mol. The van der Waals surface area contributed by atoms with Crippen molar-refractivity contribution in [3.63, 3.8) is 0 Å². The minimum atomic E-state index is -1.90. The largest absolute Gasteiger partial charge is 0.481 e. The molecule has 1 aromatic heterocycles. The van der Waals surface area contributed by atoms with Crippen LogP contribution in [0.4, 0.5) is 0 Å². The Kier molecular flexibility index (Phi) is 16.1. The predicted octanol–water partition coefficient (Wildman–Crippen LogP) is 8.08. The molecule has 0 fully saturated rings. The number of rotatable bonds is 20. The third-order valence-corrected chi connectivity index (χ3v) is 12.2. The number of aromatic nitrogens is 2. The number of aryl methyl sites for hydroxylation is 1. The summed E-state index contributed by atoms with van der Waals surface area (Å²) in [5, 5.41) is 23.1. The number of carboxylic acids is 1. The van der Waals surface area contributed by atoms with Gasteiger partial charge in [0, 0.05) is 30.8 Å². The normalized spacial score (nSPS) is 13.7. The molecule has 2 N–H and O–H groups in total. The lowest BCUT2D eigenvalue weighted by Crippen LogP contribution is -2.43. The maximum absolute atomic E-state index is 10.8. The van der Waals surface area contributed by atoms with Gasteiger partial charge in [-0.3, -0.25) is 9.48 Å². The summed E-state index contributed by atoms with van der Waals surface area (Å²) in [5.41, 5.74) is 3.42. The molecule has 0 aromatic carbocycles. The van der Waals surface area contributed by atoms with E-state index in [4.69, 9.17) is 19.7 Å². The van der Waals surface area contributed by atoms with Gasteiger partial charge in [0.2, 0.25) is 0 Å². The van der Waals surface area contributed by atoms with Gasteiger partial charge < -0.3 is 14.6 Å². The van der Waals surface area contributed by atoms with Gasteiger partial charge >= 0.3 is 5.97 Å². The minimum Gasteiger partial charge on any atom is -0.481 e. The molecule has 1 heterocycles. The van der Waals surface area contributed by atoms with Crippen LogP contribution >= 0.6 is 0 Å². The third kappa shape index (κ3) is 12.9. The van der Waals surface area contributed by atoms with Crippen molar-refractivity contribution in [3.8, 4) is 0 Å². The molecule has 0 aliphatic heterocycles. The molecule has 0 aliphatic rings. The van der Waals surface area contributed by atoms with Gasteiger partial charge in [-0.25, -0.2) is 0 Å². The summed E-state index contributed by atoms with van der Waals surface area (Å²) in [4.78, 5) is 10.8. The molecular formula is C31H56N2O4Si. The van der Waals surface area contributed by atoms with E-state index in [0.717, 1.165) is 63.6 Å². The fourth-order valence-corrected chi connectivity index (χ4v) is 5.48. The number of carbonyl (C=O) groups is 1. The quantitative estimate of drug-likeness (QED) is 0.0977. The van der Waals surface area contributed by atoms with Crippen LogP contribution in [0.15, 0.2) is 18.2 Å². The van der Waals surface area contributed by atoms with Crippen LogP contribution in [0.1, 0.15) is 115 Å². The second kappa shape index (κ2) is 17.8. The molecule has 1 unspecified atom stereocenters. The zero-order valence-corrected chi connectivity index (χ0v) is 26.4. The van der Waals surface area contributed by atoms with Gasteiger partial charge in [-0.05, 0) is 69.7 Å². The molecule has 1 atom stereocenters. The van der Waals surface area contributed by atoms with Crippen molar-refractivity contribution in [1.29, 1.82) is 0 Å². The van der Waals surface area contributed by atoms with E-state index in [0.29, 0.717) is 6.42 Å². The van der Waals surface area contributed by atoms with E-state index in [1.807, 2.05) is 0 Å². The van der Waals surface area contributed by atoms with E-state index in [2.05, 4.69) is 76.7 Å². The number of unbranched alkanes of at least 4 members (excludes halogenated alkanes) is 6. The summed E-state index contributed by atoms with van der Waals surface area (Å²) < 4.78 is 8.96. The first-order valence-electron chi connectivity index (χ1n) is 14.8. The molecule has 7 heteroatoms. The number of hydrogen-bond acceptors (Lipinski definition) is 4. The molecule has 218 valence electrons. The van der Waals surface area contributed by atoms with Gasteiger partial charge in [-0.2, -0.15) is 5.10 Å². The van der Waals surface area contributed by atoms with Gasteiger partial charge in [-0.1, -0.05) is 78.0 Å². The van der Waals surface area contributed by atoms with Gasteiger partial charge in [0.1, 0.15) is 0 Å². The average Bonchev–Trinajstić information content (AvgIpc) is 3.12. The molecular weight excluding hydrogens is 492 g/mol. The smallest absolute Gasteiger partial charge is 0.303 e. The fraction of sp³-hybridized carbons (Fsp3) is 0.742. The van der Waals surface area contributed by atoms with Gasteiger partial charge in [0.25, 0.3) is 0 Å². The summed E-state index contributed by atoms with van der Waals surface area (Å²) in [6.07, 6.45) is 19.8. The zero-order valence-electron chi connectivity index (χ0n) is 25.4. The van der Waals surface area contributed by atoms with E-state index >= 15 is 0 Å². The first-order chi connectivity index (χ1) is 17.9. The molecule has 0 amide bonds. The lowest BCUT2D eigenvalue weighted by atomic mass is 10.1. The Morgan fingerprint density at radius 2 is 1.79 bits per heavy atom. The summed E-state index contributed by atoms with van der Waals surface area (Å²) in [5.74, 6) is -0.740. The zero-order chi connectivity index (χ0) is 28.6. The SMILES string of the molecule is CCCCCC(C=Cc1nn(CCCCCCO)c(C)c1C/C=C\CCCC(=O)O)O[Si](C)(C)C(C)(C)C. The van der Waals surface area contributed by atoms with Crippen LogP contribution < -0.4 is 0 Å². The van der Waals surface area contributed by atoms with Crippen LogP contribution in [-0.2, 0) is 22.2 Å². The van der Waals surface area contributed by atoms with Crippen molar-refractivity contribution in [2.75, 3.05) is 6.61 Å². The average molecular weight is 549 g/mol. The van der Waals surface area contributed by atoms with Crippen LogP contribution in [0.5, 0.6) is 0 Å². The highest BCUT2D eigenvalue weighted by Gasteiger charge is 2.38. The summed E-state index contributed by atoms with van der Waals surface area (Å²) in [7, 11) is -1.90. The molecule has 0 saturated heterocycles. The molecule has 0 saturated carbocycles. The van der Waals surface area contributed by atoms with Crippen molar-refractivity contribution in [2.24, 2.45) is 0 Å². The minimum absolute atomic E-state index is 0.0887. The third-order valence-electron chi connectivity index (χ3n) is 7.70. The van der Waals surface area contributed by atoms with Crippen molar-refractivity contribution in [1.82, 2.24) is 9.78 Å². The standard InChI is InChI=1S/C31H56N2O4Si/c1-8-9-14-19-27(37-38(6,7)31(3,4)5)22-23-29-28(20-15-10-11-16-21-30(35)36)26(2)33(32-29)24-17-12-13-18-25-34/h10,15,22-23,27,34H,8-9,11-14,16-21,24-25H2,1-7H3,(H,35,36)/b15-10-,23-22?. The molecule has 1 aromatic rings. The summed E-state index contributed by atoms with van der Waals surface area (Å²) >= 11 is 0. The maximum atomic E-state index is 10.8. The predicted molar refractivity (Wildman–Crippen MR) is 162 cm³/mol. The molecule has 6 nitrogen and oxygen atoms in total. The Morgan fingerprint density at radius 1 is 1.08 bits per heavy atom. The van der Waals surface area contributed by atoms with E-state index in [-0.39, 0.29) is 24.2 Å². The Hall–Kier alpha value is -1.70. The van der Waals surface area contributed by atoms with Gasteiger partial charge in [0.15, 0.2) is 8.32 Å². The lowest BCUT2D eigenvalue weighted by Gasteiger charge is -2.38. The maximum Gasteiger partial charge on any atom is 0.303 e. The highest BCUT2D eigenvalue weighted by molar-refractivity contribution is 6.74. The number of carboxylic acid groups (broad SMARTS) is 1. The fourth-order valence-electron chi connectivity index (χ4n) is 4.17. The van der Waals surface area contributed by atoms with Crippen molar-refractivity contribution < 1.29 is 19.4 Å². The first kappa shape index (κ1) is 34.3. The van der Waals surface area contributed by atoms with Crippen molar-refractivity contribution in [2.45, 2.75) is 142 Å². The van der Waals surface area contributed by atoms with E-state index in [9.17, 15) is 4.79 Å². The van der Waals surface area contributed by atoms with Gasteiger partial charge in [-0.15, -0.1) is 0 Å². The number of aliphatic hydroxyl groups is 1. The summed E-state index contributed by atoms with van der Waals surface area (Å²) in [6.45, 7) is 17.0. The highest BCUT2D eigenvalue weighted by Crippen LogP contribution is 2.38. The Morgan fingerprint density at radius 3 is 2.42 bits per heavy atom. The molecule has 0 spiro atoms. The van der Waals surface area contributed by atoms with Crippen LogP contribution in [0.25, 0.3) is 6.08 Å². The second-order valence-corrected chi connectivity index (χ2v) is 16.8. The van der Waals surface area contributed by atoms with E-state index < -0.39 is 14.3 Å². The van der Waals surface area contributed by atoms with Gasteiger partial charge in [0.05, 0.1) is 11.8 Å². The number of aliphatic carboxylic acids is 1. The molecule has 0 bridgehead atoms. The second-order valence-electron chi connectivity index (χ2n) is 12.0. The van der Waals surface area contributed by atoms with E-state index in [1.54, 1.807) is 0 Å².